The third-order valence-corrected chi connectivity index (χ3v) is 5.51. The lowest BCUT2D eigenvalue weighted by Crippen LogP contribution is -2.27. The van der Waals surface area contributed by atoms with E-state index in [1.807, 2.05) is 19.9 Å². The fourth-order valence-corrected chi connectivity index (χ4v) is 3.67. The highest BCUT2D eigenvalue weighted by molar-refractivity contribution is 9.09. The molecular formula is C16H20BrNO2. The van der Waals surface area contributed by atoms with E-state index in [-0.39, 0.29) is 16.8 Å². The highest BCUT2D eigenvalue weighted by Crippen LogP contribution is 2.41. The van der Waals surface area contributed by atoms with Gasteiger partial charge in [-0.1, -0.05) is 28.1 Å². The molecule has 0 bridgehead atoms. The number of rotatable bonds is 2. The van der Waals surface area contributed by atoms with Gasteiger partial charge < -0.3 is 10.1 Å². The standard InChI is InChI=1S/C16H20BrNO2/c1-16(2)11-9-10(6-7-12(11)18-15(16)19)14(17)13-5-3-4-8-20-13/h6-7,9,13-14H,3-5,8H2,1-2H3,(H,18,19). The first-order chi connectivity index (χ1) is 9.50. The van der Waals surface area contributed by atoms with Crippen molar-refractivity contribution >= 4 is 27.5 Å². The number of alkyl halides is 1. The summed E-state index contributed by atoms with van der Waals surface area (Å²) in [6.45, 7) is 4.79. The molecule has 1 fully saturated rings. The molecule has 0 radical (unpaired) electrons. The van der Waals surface area contributed by atoms with E-state index in [1.54, 1.807) is 0 Å². The molecule has 2 atom stereocenters. The molecule has 2 heterocycles. The van der Waals surface area contributed by atoms with Crippen molar-refractivity contribution < 1.29 is 9.53 Å². The Morgan fingerprint density at radius 3 is 2.90 bits per heavy atom. The second kappa shape index (κ2) is 5.15. The number of anilines is 1. The van der Waals surface area contributed by atoms with Gasteiger partial charge in [-0.2, -0.15) is 0 Å². The summed E-state index contributed by atoms with van der Waals surface area (Å²) in [6, 6.07) is 6.23. The zero-order chi connectivity index (χ0) is 14.3. The quantitative estimate of drug-likeness (QED) is 0.830. The Bertz CT molecular complexity index is 535. The highest BCUT2D eigenvalue weighted by atomic mass is 79.9. The van der Waals surface area contributed by atoms with Gasteiger partial charge in [-0.25, -0.2) is 0 Å². The number of nitrogens with one attached hydrogen (secondary N) is 1. The Labute approximate surface area is 128 Å². The summed E-state index contributed by atoms with van der Waals surface area (Å²) in [5.41, 5.74) is 2.76. The number of fused-ring (bicyclic) bond motifs is 1. The van der Waals surface area contributed by atoms with E-state index in [0.717, 1.165) is 30.7 Å². The van der Waals surface area contributed by atoms with Crippen molar-refractivity contribution in [3.63, 3.8) is 0 Å². The molecule has 1 aromatic carbocycles. The van der Waals surface area contributed by atoms with Gasteiger partial charge in [0, 0.05) is 12.3 Å². The summed E-state index contributed by atoms with van der Waals surface area (Å²) in [4.78, 5) is 12.2. The van der Waals surface area contributed by atoms with Gasteiger partial charge in [-0.15, -0.1) is 0 Å². The Kier molecular flexibility index (Phi) is 3.63. The first kappa shape index (κ1) is 14.1. The smallest absolute Gasteiger partial charge is 0.234 e. The molecule has 2 aliphatic rings. The zero-order valence-electron chi connectivity index (χ0n) is 11.9. The summed E-state index contributed by atoms with van der Waals surface area (Å²) in [5, 5.41) is 2.95. The Hall–Kier alpha value is -0.870. The lowest BCUT2D eigenvalue weighted by Gasteiger charge is -2.28. The van der Waals surface area contributed by atoms with Crippen LogP contribution in [0.2, 0.25) is 0 Å². The molecule has 3 nitrogen and oxygen atoms in total. The summed E-state index contributed by atoms with van der Waals surface area (Å²) >= 11 is 3.78. The van der Waals surface area contributed by atoms with E-state index < -0.39 is 5.41 Å². The normalized spacial score (nSPS) is 25.9. The molecule has 20 heavy (non-hydrogen) atoms. The molecule has 0 aromatic heterocycles. The summed E-state index contributed by atoms with van der Waals surface area (Å²) in [5.74, 6) is 0.0738. The molecule has 108 valence electrons. The molecule has 0 spiro atoms. The third kappa shape index (κ3) is 2.29. The third-order valence-electron chi connectivity index (χ3n) is 4.39. The van der Waals surface area contributed by atoms with Crippen molar-refractivity contribution in [1.82, 2.24) is 0 Å². The lowest BCUT2D eigenvalue weighted by molar-refractivity contribution is -0.119. The predicted molar refractivity (Wildman–Crippen MR) is 83.4 cm³/mol. The van der Waals surface area contributed by atoms with Gasteiger partial charge in [0.15, 0.2) is 0 Å². The average Bonchev–Trinajstić information content (AvgIpc) is 2.69. The Morgan fingerprint density at radius 2 is 2.20 bits per heavy atom. The number of hydrogen-bond donors (Lipinski definition) is 1. The van der Waals surface area contributed by atoms with Crippen molar-refractivity contribution in [3.8, 4) is 0 Å². The van der Waals surface area contributed by atoms with Crippen LogP contribution in [0.5, 0.6) is 0 Å². The van der Waals surface area contributed by atoms with Crippen LogP contribution in [0.4, 0.5) is 5.69 Å². The van der Waals surface area contributed by atoms with E-state index in [1.165, 1.54) is 12.0 Å². The average molecular weight is 338 g/mol. The van der Waals surface area contributed by atoms with Crippen LogP contribution >= 0.6 is 15.9 Å². The second-order valence-electron chi connectivity index (χ2n) is 6.19. The minimum Gasteiger partial charge on any atom is -0.377 e. The van der Waals surface area contributed by atoms with Gasteiger partial charge in [0.2, 0.25) is 5.91 Å². The second-order valence-corrected chi connectivity index (χ2v) is 7.18. The molecular weight excluding hydrogens is 318 g/mol. The summed E-state index contributed by atoms with van der Waals surface area (Å²) < 4.78 is 5.86. The van der Waals surface area contributed by atoms with Gasteiger partial charge in [-0.3, -0.25) is 4.79 Å². The first-order valence-electron chi connectivity index (χ1n) is 7.22. The predicted octanol–water partition coefficient (Wildman–Crippen LogP) is 3.92. The monoisotopic (exact) mass is 337 g/mol. The topological polar surface area (TPSA) is 38.3 Å². The minimum atomic E-state index is -0.453. The number of ether oxygens (including phenoxy) is 1. The highest BCUT2D eigenvalue weighted by Gasteiger charge is 2.39. The molecule has 2 aliphatic heterocycles. The lowest BCUT2D eigenvalue weighted by atomic mass is 9.85. The van der Waals surface area contributed by atoms with Gasteiger partial charge in [0.05, 0.1) is 16.3 Å². The van der Waals surface area contributed by atoms with Gasteiger partial charge >= 0.3 is 0 Å². The van der Waals surface area contributed by atoms with Crippen LogP contribution in [0.25, 0.3) is 0 Å². The van der Waals surface area contributed by atoms with E-state index in [2.05, 4.69) is 33.4 Å². The Morgan fingerprint density at radius 1 is 1.40 bits per heavy atom. The molecule has 4 heteroatoms. The molecule has 0 aliphatic carbocycles. The van der Waals surface area contributed by atoms with Crippen molar-refractivity contribution in [3.05, 3.63) is 29.3 Å². The van der Waals surface area contributed by atoms with Gasteiger partial charge in [-0.05, 0) is 50.3 Å². The number of amides is 1. The Balaban J connectivity index is 1.89. The van der Waals surface area contributed by atoms with Crippen LogP contribution in [0.15, 0.2) is 18.2 Å². The molecule has 1 N–H and O–H groups in total. The van der Waals surface area contributed by atoms with Crippen molar-refractivity contribution in [2.24, 2.45) is 0 Å². The van der Waals surface area contributed by atoms with Crippen LogP contribution < -0.4 is 5.32 Å². The van der Waals surface area contributed by atoms with Crippen molar-refractivity contribution in [2.45, 2.75) is 49.5 Å². The van der Waals surface area contributed by atoms with E-state index >= 15 is 0 Å². The van der Waals surface area contributed by atoms with E-state index in [9.17, 15) is 4.79 Å². The molecule has 1 aromatic rings. The summed E-state index contributed by atoms with van der Waals surface area (Å²) in [6.07, 6.45) is 3.71. The maximum Gasteiger partial charge on any atom is 0.234 e. The van der Waals surface area contributed by atoms with Gasteiger partial charge in [0.25, 0.3) is 0 Å². The molecule has 3 rings (SSSR count). The van der Waals surface area contributed by atoms with Crippen LogP contribution in [0, 0.1) is 0 Å². The van der Waals surface area contributed by atoms with Crippen LogP contribution in [0.1, 0.15) is 49.1 Å². The number of halogens is 1. The van der Waals surface area contributed by atoms with Gasteiger partial charge in [0.1, 0.15) is 0 Å². The first-order valence-corrected chi connectivity index (χ1v) is 8.13. The van der Waals surface area contributed by atoms with Crippen molar-refractivity contribution in [2.75, 3.05) is 11.9 Å². The number of carbonyl (C=O) groups is 1. The minimum absolute atomic E-state index is 0.0738. The maximum absolute atomic E-state index is 12.0. The zero-order valence-corrected chi connectivity index (χ0v) is 13.5. The number of hydrogen-bond acceptors (Lipinski definition) is 2. The maximum atomic E-state index is 12.0. The molecule has 1 amide bonds. The molecule has 0 saturated carbocycles. The fraction of sp³-hybridized carbons (Fsp3) is 0.562. The summed E-state index contributed by atoms with van der Waals surface area (Å²) in [7, 11) is 0. The number of carbonyl (C=O) groups excluding carboxylic acids is 1. The van der Waals surface area contributed by atoms with E-state index in [4.69, 9.17) is 4.74 Å². The number of benzene rings is 1. The van der Waals surface area contributed by atoms with Crippen LogP contribution in [-0.2, 0) is 14.9 Å². The fourth-order valence-electron chi connectivity index (χ4n) is 2.97. The molecule has 2 unspecified atom stereocenters. The van der Waals surface area contributed by atoms with Crippen molar-refractivity contribution in [1.29, 1.82) is 0 Å². The molecule has 1 saturated heterocycles. The SMILES string of the molecule is CC1(C)C(=O)Nc2ccc(C(Br)C3CCCCO3)cc21. The van der Waals surface area contributed by atoms with Crippen LogP contribution in [0.3, 0.4) is 0 Å². The van der Waals surface area contributed by atoms with Crippen LogP contribution in [-0.4, -0.2) is 18.6 Å². The largest absolute Gasteiger partial charge is 0.377 e. The van der Waals surface area contributed by atoms with E-state index in [0.29, 0.717) is 0 Å².